The third-order valence-corrected chi connectivity index (χ3v) is 5.36. The minimum absolute atomic E-state index is 0.0495. The van der Waals surface area contributed by atoms with Crippen LogP contribution >= 0.6 is 0 Å². The first-order valence-corrected chi connectivity index (χ1v) is 10.2. The van der Waals surface area contributed by atoms with Gasteiger partial charge in [-0.15, -0.1) is 0 Å². The predicted octanol–water partition coefficient (Wildman–Crippen LogP) is 4.57. The second-order valence-electron chi connectivity index (χ2n) is 6.37. The van der Waals surface area contributed by atoms with Gasteiger partial charge >= 0.3 is 10.1 Å². The highest BCUT2D eigenvalue weighted by molar-refractivity contribution is 7.87. The van der Waals surface area contributed by atoms with Crippen molar-refractivity contribution in [2.24, 2.45) is 0 Å². The van der Waals surface area contributed by atoms with Crippen molar-refractivity contribution in [1.29, 1.82) is 0 Å². The molecule has 0 aliphatic rings. The summed E-state index contributed by atoms with van der Waals surface area (Å²) in [5, 5.41) is 0. The number of methoxy groups -OCH3 is 1. The maximum atomic E-state index is 12.5. The summed E-state index contributed by atoms with van der Waals surface area (Å²) in [7, 11) is -2.59. The van der Waals surface area contributed by atoms with Gasteiger partial charge in [0.2, 0.25) is 5.78 Å². The van der Waals surface area contributed by atoms with Crippen LogP contribution in [0.15, 0.2) is 70.0 Å². The van der Waals surface area contributed by atoms with Crippen molar-refractivity contribution in [2.75, 3.05) is 7.11 Å². The Balaban J connectivity index is 1.80. The van der Waals surface area contributed by atoms with Crippen LogP contribution in [-0.2, 0) is 10.1 Å². The van der Waals surface area contributed by atoms with Crippen molar-refractivity contribution in [2.45, 2.75) is 18.7 Å². The summed E-state index contributed by atoms with van der Waals surface area (Å²) in [5.41, 5.74) is 1.58. The normalized spacial score (nSPS) is 11.6. The van der Waals surface area contributed by atoms with E-state index in [-0.39, 0.29) is 27.9 Å². The van der Waals surface area contributed by atoms with E-state index in [4.69, 9.17) is 13.3 Å². The average molecular weight is 412 g/mol. The number of benzene rings is 2. The Hall–Kier alpha value is -3.32. The van der Waals surface area contributed by atoms with Crippen LogP contribution in [0.2, 0.25) is 0 Å². The molecule has 0 amide bonds. The maximum Gasteiger partial charge on any atom is 0.339 e. The number of hydrogen-bond donors (Lipinski definition) is 0. The lowest BCUT2D eigenvalue weighted by Crippen LogP contribution is -2.10. The molecule has 29 heavy (non-hydrogen) atoms. The van der Waals surface area contributed by atoms with Gasteiger partial charge in [0.15, 0.2) is 17.3 Å². The van der Waals surface area contributed by atoms with Gasteiger partial charge in [0.1, 0.15) is 10.7 Å². The third-order valence-electron chi connectivity index (χ3n) is 4.11. The number of rotatable bonds is 7. The van der Waals surface area contributed by atoms with Crippen molar-refractivity contribution in [3.8, 4) is 11.5 Å². The molecule has 0 spiro atoms. The minimum Gasteiger partial charge on any atom is -0.493 e. The van der Waals surface area contributed by atoms with Gasteiger partial charge < -0.3 is 13.3 Å². The summed E-state index contributed by atoms with van der Waals surface area (Å²) in [4.78, 5) is 12.2. The number of ketones is 1. The fourth-order valence-corrected chi connectivity index (χ4v) is 3.49. The SMILES string of the molecule is COc1cc(/C=C/C(=O)c2ccc(C)o2)ccc1OS(=O)(=O)c1ccc(C)cc1. The molecule has 0 aliphatic heterocycles. The molecule has 0 unspecified atom stereocenters. The molecule has 0 atom stereocenters. The van der Waals surface area contributed by atoms with Crippen molar-refractivity contribution < 1.29 is 26.5 Å². The summed E-state index contributed by atoms with van der Waals surface area (Å²) < 4.78 is 40.8. The molecular formula is C22H20O6S. The van der Waals surface area contributed by atoms with Gasteiger partial charge in [-0.1, -0.05) is 29.8 Å². The van der Waals surface area contributed by atoms with Gasteiger partial charge in [-0.2, -0.15) is 8.42 Å². The largest absolute Gasteiger partial charge is 0.493 e. The minimum atomic E-state index is -4.00. The Morgan fingerprint density at radius 2 is 1.69 bits per heavy atom. The van der Waals surface area contributed by atoms with Crippen LogP contribution in [0.1, 0.15) is 27.4 Å². The number of ether oxygens (including phenoxy) is 1. The first-order valence-electron chi connectivity index (χ1n) is 8.76. The molecule has 0 aliphatic carbocycles. The monoisotopic (exact) mass is 412 g/mol. The highest BCUT2D eigenvalue weighted by Gasteiger charge is 2.19. The van der Waals surface area contributed by atoms with E-state index in [1.807, 2.05) is 6.92 Å². The van der Waals surface area contributed by atoms with Crippen molar-refractivity contribution >= 4 is 22.0 Å². The van der Waals surface area contributed by atoms with E-state index in [1.165, 1.54) is 31.4 Å². The fourth-order valence-electron chi connectivity index (χ4n) is 2.55. The van der Waals surface area contributed by atoms with E-state index in [2.05, 4.69) is 0 Å². The second kappa shape index (κ2) is 8.36. The van der Waals surface area contributed by atoms with Crippen LogP contribution < -0.4 is 8.92 Å². The highest BCUT2D eigenvalue weighted by atomic mass is 32.2. The Bertz CT molecular complexity index is 1150. The molecule has 3 aromatic rings. The molecule has 1 aromatic heterocycles. The number of allylic oxidation sites excluding steroid dienone is 1. The molecule has 6 nitrogen and oxygen atoms in total. The molecule has 7 heteroatoms. The van der Waals surface area contributed by atoms with E-state index in [1.54, 1.807) is 49.4 Å². The van der Waals surface area contributed by atoms with E-state index >= 15 is 0 Å². The quantitative estimate of drug-likeness (QED) is 0.321. The van der Waals surface area contributed by atoms with E-state index in [9.17, 15) is 13.2 Å². The smallest absolute Gasteiger partial charge is 0.339 e. The summed E-state index contributed by atoms with van der Waals surface area (Å²) in [5.74, 6) is 0.899. The Morgan fingerprint density at radius 1 is 0.966 bits per heavy atom. The Morgan fingerprint density at radius 3 is 2.31 bits per heavy atom. The number of carbonyl (C=O) groups is 1. The summed E-state index contributed by atoms with van der Waals surface area (Å²) in [6, 6.07) is 14.4. The predicted molar refractivity (Wildman–Crippen MR) is 109 cm³/mol. The average Bonchev–Trinajstić information content (AvgIpc) is 3.13. The number of carbonyl (C=O) groups excluding carboxylic acids is 1. The summed E-state index contributed by atoms with van der Waals surface area (Å²) in [6.45, 7) is 3.62. The topological polar surface area (TPSA) is 82.8 Å². The Kier molecular flexibility index (Phi) is 5.89. The van der Waals surface area contributed by atoms with E-state index in [0.717, 1.165) is 5.56 Å². The van der Waals surface area contributed by atoms with Crippen LogP contribution in [0.5, 0.6) is 11.5 Å². The lowest BCUT2D eigenvalue weighted by molar-refractivity contribution is 0.102. The molecule has 2 aromatic carbocycles. The van der Waals surface area contributed by atoms with E-state index in [0.29, 0.717) is 11.3 Å². The van der Waals surface area contributed by atoms with E-state index < -0.39 is 10.1 Å². The molecule has 0 radical (unpaired) electrons. The van der Waals surface area contributed by atoms with Crippen LogP contribution in [0.4, 0.5) is 0 Å². The van der Waals surface area contributed by atoms with Crippen LogP contribution in [0.25, 0.3) is 6.08 Å². The third kappa shape index (κ3) is 4.94. The van der Waals surface area contributed by atoms with Gasteiger partial charge in [0.25, 0.3) is 0 Å². The molecule has 0 fully saturated rings. The molecule has 0 saturated carbocycles. The highest BCUT2D eigenvalue weighted by Crippen LogP contribution is 2.31. The van der Waals surface area contributed by atoms with Crippen LogP contribution in [-0.4, -0.2) is 21.3 Å². The molecule has 0 N–H and O–H groups in total. The number of furan rings is 1. The first-order chi connectivity index (χ1) is 13.8. The zero-order valence-corrected chi connectivity index (χ0v) is 17.0. The molecule has 1 heterocycles. The Labute approximate surface area is 169 Å². The number of hydrogen-bond acceptors (Lipinski definition) is 6. The summed E-state index contributed by atoms with van der Waals surface area (Å²) in [6.07, 6.45) is 2.96. The van der Waals surface area contributed by atoms with Gasteiger partial charge in [0, 0.05) is 0 Å². The van der Waals surface area contributed by atoms with Crippen LogP contribution in [0.3, 0.4) is 0 Å². The zero-order chi connectivity index (χ0) is 21.0. The van der Waals surface area contributed by atoms with Gasteiger partial charge in [-0.05, 0) is 61.9 Å². The van der Waals surface area contributed by atoms with Crippen molar-refractivity contribution in [3.05, 3.63) is 83.3 Å². The van der Waals surface area contributed by atoms with Crippen LogP contribution in [0, 0.1) is 13.8 Å². The first kappa shape index (κ1) is 20.4. The van der Waals surface area contributed by atoms with Crippen molar-refractivity contribution in [3.63, 3.8) is 0 Å². The molecule has 0 saturated heterocycles. The standard InChI is InChI=1S/C22H20O6S/c1-15-4-9-18(10-5-15)29(24,25)28-21-13-8-17(14-22(21)26-3)7-11-19(23)20-12-6-16(2)27-20/h4-14H,1-3H3/b11-7+. The lowest BCUT2D eigenvalue weighted by atomic mass is 10.1. The molecule has 150 valence electrons. The summed E-state index contributed by atoms with van der Waals surface area (Å²) >= 11 is 0. The molecule has 3 rings (SSSR count). The number of aryl methyl sites for hydroxylation is 2. The van der Waals surface area contributed by atoms with Gasteiger partial charge in [-0.3, -0.25) is 4.79 Å². The maximum absolute atomic E-state index is 12.5. The fraction of sp³-hybridized carbons (Fsp3) is 0.136. The molecule has 0 bridgehead atoms. The second-order valence-corrected chi connectivity index (χ2v) is 7.92. The molecular weight excluding hydrogens is 392 g/mol. The van der Waals surface area contributed by atoms with Crippen molar-refractivity contribution in [1.82, 2.24) is 0 Å². The van der Waals surface area contributed by atoms with Gasteiger partial charge in [0.05, 0.1) is 7.11 Å². The lowest BCUT2D eigenvalue weighted by Gasteiger charge is -2.11. The van der Waals surface area contributed by atoms with Gasteiger partial charge in [-0.25, -0.2) is 0 Å². The zero-order valence-electron chi connectivity index (χ0n) is 16.2.